The van der Waals surface area contributed by atoms with E-state index in [0.717, 1.165) is 0 Å². The fourth-order valence-corrected chi connectivity index (χ4v) is 0.875. The van der Waals surface area contributed by atoms with Crippen LogP contribution in [-0.4, -0.2) is 18.2 Å². The molecule has 13 heavy (non-hydrogen) atoms. The minimum atomic E-state index is 0.237. The van der Waals surface area contributed by atoms with Crippen molar-refractivity contribution in [3.05, 3.63) is 35.9 Å². The second kappa shape index (κ2) is 10.5. The van der Waals surface area contributed by atoms with E-state index in [4.69, 9.17) is 0 Å². The Labute approximate surface area is 97.7 Å². The Balaban J connectivity index is 0.000000310. The SMILES string of the molecule is CCCc1c[c]ccc1.C[CH2][Mg][Br]. The first kappa shape index (κ1) is 13.5. The van der Waals surface area contributed by atoms with Gasteiger partial charge in [-0.15, -0.1) is 4.55 Å². The molecule has 0 spiro atoms. The number of hydrogen-bond donors (Lipinski definition) is 0. The first-order valence-electron chi connectivity index (χ1n) is 4.86. The molecular formula is C11H16BrMg. The standard InChI is InChI=1S/C9H11.C2H5.BrH.Mg/c1-2-6-9-7-4-3-5-8-9;1-2;;/h3-4,7-8H,2,6H2,1H3;1H2,2H3;1H;/q;;;+1/p-1. The molecule has 1 rings (SSSR count). The minimum absolute atomic E-state index is 0.237. The van der Waals surface area contributed by atoms with E-state index >= 15 is 0 Å². The Morgan fingerprint density at radius 1 is 1.46 bits per heavy atom. The average Bonchev–Trinajstić information content (AvgIpc) is 2.20. The molecule has 1 radical (unpaired) electrons. The van der Waals surface area contributed by atoms with Gasteiger partial charge in [0.1, 0.15) is 0 Å². The largest absolute Gasteiger partial charge is 0.468 e. The lowest BCUT2D eigenvalue weighted by molar-refractivity contribution is 0.922. The Hall–Kier alpha value is 0.466. The van der Waals surface area contributed by atoms with Gasteiger partial charge in [0.2, 0.25) is 0 Å². The summed E-state index contributed by atoms with van der Waals surface area (Å²) in [5, 5.41) is 0. The molecule has 0 aliphatic carbocycles. The van der Waals surface area contributed by atoms with Crippen molar-refractivity contribution in [3.8, 4) is 0 Å². The van der Waals surface area contributed by atoms with Gasteiger partial charge in [0.05, 0.1) is 0 Å². The highest BCUT2D eigenvalue weighted by Crippen LogP contribution is 1.99. The topological polar surface area (TPSA) is 0 Å². The summed E-state index contributed by atoms with van der Waals surface area (Å²) in [7, 11) is 0. The summed E-state index contributed by atoms with van der Waals surface area (Å²) in [6.45, 7) is 4.38. The molecule has 0 amide bonds. The monoisotopic (exact) mass is 251 g/mol. The lowest BCUT2D eigenvalue weighted by Crippen LogP contribution is -1.79. The van der Waals surface area contributed by atoms with Gasteiger partial charge in [0.15, 0.2) is 0 Å². The molecule has 0 nitrogen and oxygen atoms in total. The molecule has 1 aromatic rings. The molecule has 1 aromatic carbocycles. The molecule has 69 valence electrons. The van der Waals surface area contributed by atoms with E-state index in [1.54, 1.807) is 0 Å². The lowest BCUT2D eigenvalue weighted by atomic mass is 10.1. The van der Waals surface area contributed by atoms with Crippen molar-refractivity contribution in [3.63, 3.8) is 0 Å². The fourth-order valence-electron chi connectivity index (χ4n) is 0.875. The molecule has 0 fully saturated rings. The van der Waals surface area contributed by atoms with Crippen LogP contribution < -0.4 is 0 Å². The van der Waals surface area contributed by atoms with Crippen molar-refractivity contribution >= 4 is 31.1 Å². The first-order valence-corrected chi connectivity index (χ1v) is 9.76. The van der Waals surface area contributed by atoms with Crippen molar-refractivity contribution in [1.82, 2.24) is 0 Å². The van der Waals surface area contributed by atoms with Crippen LogP contribution in [0.15, 0.2) is 24.3 Å². The minimum Gasteiger partial charge on any atom is -0.307 e. The van der Waals surface area contributed by atoms with Crippen molar-refractivity contribution < 1.29 is 0 Å². The third-order valence-electron chi connectivity index (χ3n) is 1.50. The van der Waals surface area contributed by atoms with Gasteiger partial charge in [-0.1, -0.05) is 44.5 Å². The van der Waals surface area contributed by atoms with Crippen molar-refractivity contribution in [1.29, 1.82) is 0 Å². The van der Waals surface area contributed by atoms with Crippen molar-refractivity contribution in [2.45, 2.75) is 31.2 Å². The molecule has 0 N–H and O–H groups in total. The molecule has 0 unspecified atom stereocenters. The zero-order valence-corrected chi connectivity index (χ0v) is 11.5. The number of rotatable bonds is 3. The predicted molar refractivity (Wildman–Crippen MR) is 64.4 cm³/mol. The van der Waals surface area contributed by atoms with Gasteiger partial charge in [-0.05, 0) is 18.1 Å². The zero-order valence-electron chi connectivity index (χ0n) is 8.52. The number of hydrogen-bond acceptors (Lipinski definition) is 0. The van der Waals surface area contributed by atoms with Crippen LogP contribution in [0.4, 0.5) is 0 Å². The molecule has 0 heterocycles. The summed E-state index contributed by atoms with van der Waals surface area (Å²) in [5.41, 5.74) is 1.39. The molecule has 0 bridgehead atoms. The summed E-state index contributed by atoms with van der Waals surface area (Å²) in [6, 6.07) is 11.2. The highest BCUT2D eigenvalue weighted by molar-refractivity contribution is 9.23. The third kappa shape index (κ3) is 8.79. The maximum atomic E-state index is 3.39. The highest BCUT2D eigenvalue weighted by atomic mass is 79.9. The summed E-state index contributed by atoms with van der Waals surface area (Å²) in [4.78, 5) is 0. The zero-order chi connectivity index (χ0) is 9.94. The average molecular weight is 252 g/mol. The second-order valence-electron chi connectivity index (χ2n) is 2.85. The summed E-state index contributed by atoms with van der Waals surface area (Å²) in [6.07, 6.45) is 2.40. The van der Waals surface area contributed by atoms with Crippen LogP contribution in [0.3, 0.4) is 0 Å². The van der Waals surface area contributed by atoms with Crippen molar-refractivity contribution in [2.75, 3.05) is 0 Å². The lowest BCUT2D eigenvalue weighted by Gasteiger charge is -1.93. The van der Waals surface area contributed by atoms with E-state index < -0.39 is 0 Å². The van der Waals surface area contributed by atoms with Crippen LogP contribution in [-0.2, 0) is 6.42 Å². The van der Waals surface area contributed by atoms with Crippen molar-refractivity contribution in [2.24, 2.45) is 0 Å². The van der Waals surface area contributed by atoms with E-state index in [1.165, 1.54) is 23.0 Å². The smallest absolute Gasteiger partial charge is 0.307 e. The third-order valence-corrected chi connectivity index (χ3v) is 4.26. The second-order valence-corrected chi connectivity index (χ2v) is 6.61. The van der Waals surface area contributed by atoms with Gasteiger partial charge in [-0.2, -0.15) is 0 Å². The molecule has 0 aliphatic rings. The fraction of sp³-hybridized carbons (Fsp3) is 0.455. The Morgan fingerprint density at radius 2 is 2.15 bits per heavy atom. The highest BCUT2D eigenvalue weighted by Gasteiger charge is 1.84. The Kier molecular flexibility index (Phi) is 10.9. The molecule has 0 saturated heterocycles. The molecule has 0 atom stereocenters. The molecule has 2 heteroatoms. The Bertz CT molecular complexity index is 185. The summed E-state index contributed by atoms with van der Waals surface area (Å²) >= 11 is 3.62. The number of benzene rings is 1. The molecule has 0 aliphatic heterocycles. The van der Waals surface area contributed by atoms with Crippen LogP contribution in [0.1, 0.15) is 25.8 Å². The Morgan fingerprint density at radius 3 is 2.54 bits per heavy atom. The van der Waals surface area contributed by atoms with Gasteiger partial charge in [0.25, 0.3) is 0 Å². The number of halogens is 1. The molecule has 0 saturated carbocycles. The summed E-state index contributed by atoms with van der Waals surface area (Å²) < 4.78 is 1.38. The van der Waals surface area contributed by atoms with E-state index in [2.05, 4.69) is 38.9 Å². The van der Waals surface area contributed by atoms with Crippen LogP contribution in [0, 0.1) is 6.07 Å². The van der Waals surface area contributed by atoms with Gasteiger partial charge in [-0.3, -0.25) is 0 Å². The predicted octanol–water partition coefficient (Wildman–Crippen LogP) is 3.88. The van der Waals surface area contributed by atoms with Crippen LogP contribution in [0.25, 0.3) is 0 Å². The van der Waals surface area contributed by atoms with Gasteiger partial charge < -0.3 is 12.9 Å². The molecule has 0 aromatic heterocycles. The van der Waals surface area contributed by atoms with E-state index in [-0.39, 0.29) is 18.2 Å². The van der Waals surface area contributed by atoms with E-state index in [0.29, 0.717) is 0 Å². The van der Waals surface area contributed by atoms with Crippen LogP contribution in [0.5, 0.6) is 0 Å². The maximum absolute atomic E-state index is 3.39. The van der Waals surface area contributed by atoms with Crippen LogP contribution in [0.2, 0.25) is 4.55 Å². The van der Waals surface area contributed by atoms with E-state index in [9.17, 15) is 0 Å². The normalized spacial score (nSPS) is 8.23. The summed E-state index contributed by atoms with van der Waals surface area (Å²) in [5.74, 6) is 0. The van der Waals surface area contributed by atoms with Gasteiger partial charge >= 0.3 is 18.2 Å². The van der Waals surface area contributed by atoms with Crippen LogP contribution >= 0.6 is 12.9 Å². The maximum Gasteiger partial charge on any atom is 0.468 e. The van der Waals surface area contributed by atoms with Gasteiger partial charge in [0, 0.05) is 0 Å². The quantitative estimate of drug-likeness (QED) is 0.716. The number of aryl methyl sites for hydroxylation is 1. The first-order chi connectivity index (χ1) is 6.35. The molecular weight excluding hydrogens is 236 g/mol. The van der Waals surface area contributed by atoms with E-state index in [1.807, 2.05) is 18.2 Å². The van der Waals surface area contributed by atoms with Gasteiger partial charge in [-0.25, -0.2) is 0 Å².